The molecule has 1 aromatic carbocycles. The number of aromatic nitrogens is 1. The summed E-state index contributed by atoms with van der Waals surface area (Å²) in [6, 6.07) is 12.9. The van der Waals surface area contributed by atoms with Crippen LogP contribution in [0.2, 0.25) is 0 Å². The van der Waals surface area contributed by atoms with Gasteiger partial charge in [-0.2, -0.15) is 10.5 Å². The first-order valence-corrected chi connectivity index (χ1v) is 8.41. The molecule has 1 aliphatic rings. The lowest BCUT2D eigenvalue weighted by molar-refractivity contribution is -0.139. The first kappa shape index (κ1) is 18.1. The summed E-state index contributed by atoms with van der Waals surface area (Å²) in [6.45, 7) is 3.73. The minimum absolute atomic E-state index is 0.126. The third-order valence-corrected chi connectivity index (χ3v) is 4.43. The van der Waals surface area contributed by atoms with Crippen molar-refractivity contribution < 1.29 is 14.3 Å². The summed E-state index contributed by atoms with van der Waals surface area (Å²) in [5.74, 6) is 0.180. The van der Waals surface area contributed by atoms with Gasteiger partial charge in [-0.15, -0.1) is 0 Å². The Morgan fingerprint density at radius 2 is 1.89 bits per heavy atom. The smallest absolute Gasteiger partial charge is 0.338 e. The molecule has 1 unspecified atom stereocenters. The standard InChI is InChI=1S/C20H18N4O3/c1-4-27-20(25)16-12(2)23-18-14(10-21)15(11-22)19(26-3)24(18)17(16)13-8-6-5-7-9-13/h5-9,17,23H,4H2,1-3H3. The molecule has 7 heteroatoms. The first-order valence-electron chi connectivity index (χ1n) is 8.41. The van der Waals surface area contributed by atoms with E-state index in [0.717, 1.165) is 5.56 Å². The Bertz CT molecular complexity index is 1010. The number of hydrogen-bond acceptors (Lipinski definition) is 6. The Labute approximate surface area is 157 Å². The van der Waals surface area contributed by atoms with Gasteiger partial charge in [-0.3, -0.25) is 4.57 Å². The van der Waals surface area contributed by atoms with Crippen LogP contribution in [-0.4, -0.2) is 24.3 Å². The summed E-state index contributed by atoms with van der Waals surface area (Å²) in [5, 5.41) is 22.3. The lowest BCUT2D eigenvalue weighted by Crippen LogP contribution is -2.29. The molecule has 0 bridgehead atoms. The first-order chi connectivity index (χ1) is 13.1. The van der Waals surface area contributed by atoms with E-state index in [1.54, 1.807) is 18.4 Å². The summed E-state index contributed by atoms with van der Waals surface area (Å²) in [7, 11) is 1.43. The number of benzene rings is 1. The zero-order valence-corrected chi connectivity index (χ0v) is 15.2. The van der Waals surface area contributed by atoms with Gasteiger partial charge in [0, 0.05) is 5.70 Å². The molecule has 27 heavy (non-hydrogen) atoms. The number of esters is 1. The number of methoxy groups -OCH3 is 1. The second-order valence-corrected chi connectivity index (χ2v) is 5.90. The maximum Gasteiger partial charge on any atom is 0.338 e. The number of hydrogen-bond donors (Lipinski definition) is 1. The van der Waals surface area contributed by atoms with Crippen molar-refractivity contribution in [1.82, 2.24) is 4.57 Å². The van der Waals surface area contributed by atoms with Crippen LogP contribution in [0.5, 0.6) is 5.88 Å². The third kappa shape index (κ3) is 2.80. The predicted octanol–water partition coefficient (Wildman–Crippen LogP) is 3.09. The molecule has 0 saturated heterocycles. The van der Waals surface area contributed by atoms with Crippen LogP contribution in [0.4, 0.5) is 5.82 Å². The number of allylic oxidation sites excluding steroid dienone is 1. The number of nitrogens with one attached hydrogen (secondary N) is 1. The van der Waals surface area contributed by atoms with E-state index in [2.05, 4.69) is 11.4 Å². The normalized spacial score (nSPS) is 15.2. The van der Waals surface area contributed by atoms with Crippen molar-refractivity contribution in [1.29, 1.82) is 10.5 Å². The van der Waals surface area contributed by atoms with Crippen LogP contribution in [0.25, 0.3) is 0 Å². The fourth-order valence-corrected chi connectivity index (χ4v) is 3.35. The van der Waals surface area contributed by atoms with E-state index in [9.17, 15) is 15.3 Å². The SMILES string of the molecule is CCOC(=O)C1=C(C)Nc2c(C#N)c(C#N)c(OC)n2C1c1ccccc1. The van der Waals surface area contributed by atoms with Crippen molar-refractivity contribution in [3.8, 4) is 18.0 Å². The van der Waals surface area contributed by atoms with Crippen LogP contribution in [0.1, 0.15) is 36.6 Å². The largest absolute Gasteiger partial charge is 0.481 e. The fraction of sp³-hybridized carbons (Fsp3) is 0.250. The maximum absolute atomic E-state index is 12.7. The van der Waals surface area contributed by atoms with Crippen LogP contribution >= 0.6 is 0 Å². The molecule has 0 amide bonds. The topological polar surface area (TPSA) is 100 Å². The minimum Gasteiger partial charge on any atom is -0.481 e. The van der Waals surface area contributed by atoms with Gasteiger partial charge in [-0.1, -0.05) is 30.3 Å². The van der Waals surface area contributed by atoms with E-state index in [-0.39, 0.29) is 23.6 Å². The number of nitriles is 2. The van der Waals surface area contributed by atoms with Crippen LogP contribution in [0, 0.1) is 22.7 Å². The molecule has 0 radical (unpaired) electrons. The highest BCUT2D eigenvalue weighted by molar-refractivity contribution is 5.93. The molecule has 1 aliphatic heterocycles. The maximum atomic E-state index is 12.7. The average Bonchev–Trinajstić information content (AvgIpc) is 2.99. The lowest BCUT2D eigenvalue weighted by Gasteiger charge is -2.31. The number of anilines is 1. The van der Waals surface area contributed by atoms with Gasteiger partial charge in [-0.05, 0) is 19.4 Å². The van der Waals surface area contributed by atoms with E-state index < -0.39 is 12.0 Å². The highest BCUT2D eigenvalue weighted by Gasteiger charge is 2.38. The Kier molecular flexibility index (Phi) is 4.87. The Balaban J connectivity index is 2.36. The van der Waals surface area contributed by atoms with Gasteiger partial charge in [0.2, 0.25) is 5.88 Å². The van der Waals surface area contributed by atoms with Gasteiger partial charge < -0.3 is 14.8 Å². The average molecular weight is 362 g/mol. The quantitative estimate of drug-likeness (QED) is 0.839. The van der Waals surface area contributed by atoms with E-state index in [0.29, 0.717) is 17.1 Å². The van der Waals surface area contributed by atoms with Gasteiger partial charge >= 0.3 is 5.97 Å². The molecule has 7 nitrogen and oxygen atoms in total. The number of carbonyl (C=O) groups excluding carboxylic acids is 1. The molecule has 0 fully saturated rings. The Morgan fingerprint density at radius 1 is 1.22 bits per heavy atom. The molecule has 1 atom stereocenters. The van der Waals surface area contributed by atoms with Crippen molar-refractivity contribution >= 4 is 11.8 Å². The van der Waals surface area contributed by atoms with Crippen LogP contribution < -0.4 is 10.1 Å². The monoisotopic (exact) mass is 362 g/mol. The van der Waals surface area contributed by atoms with Crippen molar-refractivity contribution in [3.63, 3.8) is 0 Å². The summed E-state index contributed by atoms with van der Waals surface area (Å²) < 4.78 is 12.4. The summed E-state index contributed by atoms with van der Waals surface area (Å²) in [4.78, 5) is 12.7. The molecular formula is C20H18N4O3. The number of fused-ring (bicyclic) bond motifs is 1. The van der Waals surface area contributed by atoms with Crippen molar-refractivity contribution in [3.05, 3.63) is 58.3 Å². The highest BCUT2D eigenvalue weighted by Crippen LogP contribution is 2.45. The van der Waals surface area contributed by atoms with Gasteiger partial charge in [-0.25, -0.2) is 4.79 Å². The van der Waals surface area contributed by atoms with Crippen LogP contribution in [0.3, 0.4) is 0 Å². The van der Waals surface area contributed by atoms with E-state index in [1.165, 1.54) is 7.11 Å². The molecule has 0 aliphatic carbocycles. The van der Waals surface area contributed by atoms with Gasteiger partial charge in [0.15, 0.2) is 0 Å². The van der Waals surface area contributed by atoms with Crippen molar-refractivity contribution in [2.24, 2.45) is 0 Å². The number of rotatable bonds is 4. The van der Waals surface area contributed by atoms with Gasteiger partial charge in [0.1, 0.15) is 29.1 Å². The molecule has 1 aromatic heterocycles. The molecule has 0 saturated carbocycles. The zero-order valence-electron chi connectivity index (χ0n) is 15.2. The molecule has 3 rings (SSSR count). The van der Waals surface area contributed by atoms with Crippen LogP contribution in [0.15, 0.2) is 41.6 Å². The summed E-state index contributed by atoms with van der Waals surface area (Å²) in [5.41, 5.74) is 2.08. The molecule has 0 spiro atoms. The summed E-state index contributed by atoms with van der Waals surface area (Å²) in [6.07, 6.45) is 0. The molecule has 2 heterocycles. The molecule has 1 N–H and O–H groups in total. The lowest BCUT2D eigenvalue weighted by atomic mass is 9.95. The van der Waals surface area contributed by atoms with E-state index >= 15 is 0 Å². The Hall–Kier alpha value is -3.71. The van der Waals surface area contributed by atoms with Crippen LogP contribution in [-0.2, 0) is 9.53 Å². The van der Waals surface area contributed by atoms with Crippen molar-refractivity contribution in [2.75, 3.05) is 19.0 Å². The number of nitrogens with zero attached hydrogens (tertiary/aromatic N) is 3. The molecular weight excluding hydrogens is 344 g/mol. The third-order valence-electron chi connectivity index (χ3n) is 4.43. The number of ether oxygens (including phenoxy) is 2. The summed E-state index contributed by atoms with van der Waals surface area (Å²) >= 11 is 0. The predicted molar refractivity (Wildman–Crippen MR) is 98.0 cm³/mol. The second kappa shape index (κ2) is 7.27. The number of carbonyl (C=O) groups is 1. The molecule has 2 aromatic rings. The van der Waals surface area contributed by atoms with Gasteiger partial charge in [0.25, 0.3) is 0 Å². The fourth-order valence-electron chi connectivity index (χ4n) is 3.35. The second-order valence-electron chi connectivity index (χ2n) is 5.90. The zero-order chi connectivity index (χ0) is 19.6. The minimum atomic E-state index is -0.592. The van der Waals surface area contributed by atoms with E-state index in [1.807, 2.05) is 36.4 Å². The van der Waals surface area contributed by atoms with E-state index in [4.69, 9.17) is 9.47 Å². The highest BCUT2D eigenvalue weighted by atomic mass is 16.5. The van der Waals surface area contributed by atoms with Gasteiger partial charge in [0.05, 0.1) is 25.3 Å². The molecule has 136 valence electrons. The van der Waals surface area contributed by atoms with Crippen molar-refractivity contribution in [2.45, 2.75) is 19.9 Å². The Morgan fingerprint density at radius 3 is 2.44 bits per heavy atom.